The number of nitrogens with zero attached hydrogens (tertiary/aromatic N) is 3. The lowest BCUT2D eigenvalue weighted by Gasteiger charge is -2.34. The van der Waals surface area contributed by atoms with Gasteiger partial charge >= 0.3 is 0 Å². The second-order valence-corrected chi connectivity index (χ2v) is 9.49. The molecule has 2 aliphatic heterocycles. The number of amides is 1. The zero-order chi connectivity index (χ0) is 18.1. The molecule has 3 aliphatic rings. The lowest BCUT2D eigenvalue weighted by Crippen LogP contribution is -2.49. The average Bonchev–Trinajstić information content (AvgIpc) is 3.54. The molecule has 0 radical (unpaired) electrons. The fraction of sp³-hybridized carbons (Fsp3) is 0.632. The first kappa shape index (κ1) is 17.9. The highest BCUT2D eigenvalue weighted by Crippen LogP contribution is 2.28. The molecule has 0 spiro atoms. The van der Waals surface area contributed by atoms with Gasteiger partial charge in [0.05, 0.1) is 4.90 Å². The van der Waals surface area contributed by atoms with E-state index in [4.69, 9.17) is 0 Å². The maximum absolute atomic E-state index is 12.7. The van der Waals surface area contributed by atoms with Gasteiger partial charge < -0.3 is 4.90 Å². The van der Waals surface area contributed by atoms with Crippen LogP contribution in [0.15, 0.2) is 29.2 Å². The quantitative estimate of drug-likeness (QED) is 0.803. The van der Waals surface area contributed by atoms with E-state index in [0.29, 0.717) is 18.7 Å². The highest BCUT2D eigenvalue weighted by Gasteiger charge is 2.32. The predicted octanol–water partition coefficient (Wildman–Crippen LogP) is 1.78. The second-order valence-electron chi connectivity index (χ2n) is 7.55. The van der Waals surface area contributed by atoms with Gasteiger partial charge in [-0.25, -0.2) is 8.42 Å². The third-order valence-electron chi connectivity index (χ3n) is 5.72. The number of carbonyl (C=O) groups is 1. The topological polar surface area (TPSA) is 60.9 Å². The van der Waals surface area contributed by atoms with E-state index in [2.05, 4.69) is 4.90 Å². The van der Waals surface area contributed by atoms with Crippen molar-refractivity contribution in [1.29, 1.82) is 0 Å². The molecule has 0 N–H and O–H groups in total. The monoisotopic (exact) mass is 377 g/mol. The van der Waals surface area contributed by atoms with Gasteiger partial charge in [0.1, 0.15) is 0 Å². The number of piperidine rings is 1. The van der Waals surface area contributed by atoms with Gasteiger partial charge in [-0.1, -0.05) is 6.42 Å². The number of benzene rings is 1. The van der Waals surface area contributed by atoms with Crippen LogP contribution in [0.4, 0.5) is 0 Å². The standard InChI is InChI=1S/C19H27N3O3S/c23-19(21-14-12-20(13-15-21)17-6-7-17)16-4-8-18(9-5-16)26(24,25)22-10-2-1-3-11-22/h4-5,8-9,17H,1-3,6-7,10-15H2. The summed E-state index contributed by atoms with van der Waals surface area (Å²) < 4.78 is 27.0. The van der Waals surface area contributed by atoms with Gasteiger partial charge in [-0.05, 0) is 49.9 Å². The van der Waals surface area contributed by atoms with Gasteiger partial charge in [0.25, 0.3) is 5.91 Å². The minimum absolute atomic E-state index is 0.00219. The van der Waals surface area contributed by atoms with E-state index in [1.807, 2.05) is 4.90 Å². The van der Waals surface area contributed by atoms with Crippen molar-refractivity contribution in [2.75, 3.05) is 39.3 Å². The van der Waals surface area contributed by atoms with E-state index in [9.17, 15) is 13.2 Å². The molecule has 4 rings (SSSR count). The molecule has 1 aromatic carbocycles. The summed E-state index contributed by atoms with van der Waals surface area (Å²) in [4.78, 5) is 17.3. The zero-order valence-electron chi connectivity index (χ0n) is 15.1. The summed E-state index contributed by atoms with van der Waals surface area (Å²) in [5, 5.41) is 0. The smallest absolute Gasteiger partial charge is 0.253 e. The first-order chi connectivity index (χ1) is 12.6. The molecule has 0 bridgehead atoms. The first-order valence-corrected chi connectivity index (χ1v) is 11.1. The van der Waals surface area contributed by atoms with Crippen LogP contribution >= 0.6 is 0 Å². The molecule has 7 heteroatoms. The summed E-state index contributed by atoms with van der Waals surface area (Å²) in [6.45, 7) is 4.57. The summed E-state index contributed by atoms with van der Waals surface area (Å²) in [5.41, 5.74) is 0.572. The van der Waals surface area contributed by atoms with Gasteiger partial charge in [-0.3, -0.25) is 9.69 Å². The fourth-order valence-corrected chi connectivity index (χ4v) is 5.45. The Kier molecular flexibility index (Phi) is 5.03. The molecule has 0 atom stereocenters. The molecule has 0 aromatic heterocycles. The molecule has 1 saturated carbocycles. The van der Waals surface area contributed by atoms with Gasteiger partial charge in [-0.15, -0.1) is 0 Å². The largest absolute Gasteiger partial charge is 0.336 e. The number of rotatable bonds is 4. The number of piperazine rings is 1. The van der Waals surface area contributed by atoms with Crippen molar-refractivity contribution in [3.05, 3.63) is 29.8 Å². The maximum Gasteiger partial charge on any atom is 0.253 e. The summed E-state index contributed by atoms with van der Waals surface area (Å²) in [6, 6.07) is 7.22. The van der Waals surface area contributed by atoms with Crippen LogP contribution in [-0.4, -0.2) is 73.7 Å². The third kappa shape index (κ3) is 3.66. The number of carbonyl (C=O) groups excluding carboxylic acids is 1. The van der Waals surface area contributed by atoms with Crippen LogP contribution in [0.3, 0.4) is 0 Å². The van der Waals surface area contributed by atoms with Crippen LogP contribution in [-0.2, 0) is 10.0 Å². The Morgan fingerprint density at radius 3 is 2.04 bits per heavy atom. The van der Waals surface area contributed by atoms with Gasteiger partial charge in [0.15, 0.2) is 0 Å². The Labute approximate surface area is 155 Å². The predicted molar refractivity (Wildman–Crippen MR) is 99.6 cm³/mol. The van der Waals surface area contributed by atoms with Crippen LogP contribution in [0.1, 0.15) is 42.5 Å². The average molecular weight is 378 g/mol. The molecule has 3 fully saturated rings. The van der Waals surface area contributed by atoms with E-state index < -0.39 is 10.0 Å². The van der Waals surface area contributed by atoms with Gasteiger partial charge in [0, 0.05) is 50.9 Å². The first-order valence-electron chi connectivity index (χ1n) is 9.69. The van der Waals surface area contributed by atoms with Crippen LogP contribution < -0.4 is 0 Å². The Hall–Kier alpha value is -1.44. The molecule has 1 aromatic rings. The Morgan fingerprint density at radius 2 is 1.46 bits per heavy atom. The molecular formula is C19H27N3O3S. The van der Waals surface area contributed by atoms with Crippen molar-refractivity contribution < 1.29 is 13.2 Å². The molecule has 0 unspecified atom stereocenters. The van der Waals surface area contributed by atoms with E-state index in [1.165, 1.54) is 12.8 Å². The van der Waals surface area contributed by atoms with Crippen molar-refractivity contribution in [1.82, 2.24) is 14.1 Å². The van der Waals surface area contributed by atoms with E-state index in [-0.39, 0.29) is 10.8 Å². The Morgan fingerprint density at radius 1 is 0.846 bits per heavy atom. The molecule has 1 amide bonds. The Bertz CT molecular complexity index is 745. The highest BCUT2D eigenvalue weighted by atomic mass is 32.2. The van der Waals surface area contributed by atoms with E-state index >= 15 is 0 Å². The van der Waals surface area contributed by atoms with Crippen LogP contribution in [0.5, 0.6) is 0 Å². The molecule has 6 nitrogen and oxygen atoms in total. The lowest BCUT2D eigenvalue weighted by molar-refractivity contribution is 0.0627. The summed E-state index contributed by atoms with van der Waals surface area (Å²) in [6.07, 6.45) is 5.51. The molecule has 2 heterocycles. The van der Waals surface area contributed by atoms with Crippen LogP contribution in [0, 0.1) is 0 Å². The van der Waals surface area contributed by atoms with Crippen molar-refractivity contribution in [3.63, 3.8) is 0 Å². The normalized spacial score (nSPS) is 23.2. The summed E-state index contributed by atoms with van der Waals surface area (Å²) in [7, 11) is -3.44. The lowest BCUT2D eigenvalue weighted by atomic mass is 10.2. The highest BCUT2D eigenvalue weighted by molar-refractivity contribution is 7.89. The number of sulfonamides is 1. The minimum atomic E-state index is -3.44. The van der Waals surface area contributed by atoms with Crippen molar-refractivity contribution >= 4 is 15.9 Å². The zero-order valence-corrected chi connectivity index (χ0v) is 16.0. The van der Waals surface area contributed by atoms with Crippen molar-refractivity contribution in [3.8, 4) is 0 Å². The number of hydrogen-bond donors (Lipinski definition) is 0. The molecule has 2 saturated heterocycles. The number of hydrogen-bond acceptors (Lipinski definition) is 4. The molecular weight excluding hydrogens is 350 g/mol. The van der Waals surface area contributed by atoms with E-state index in [1.54, 1.807) is 28.6 Å². The fourth-order valence-electron chi connectivity index (χ4n) is 3.94. The van der Waals surface area contributed by atoms with Crippen LogP contribution in [0.25, 0.3) is 0 Å². The van der Waals surface area contributed by atoms with Crippen molar-refractivity contribution in [2.24, 2.45) is 0 Å². The maximum atomic E-state index is 12.7. The molecule has 26 heavy (non-hydrogen) atoms. The third-order valence-corrected chi connectivity index (χ3v) is 7.63. The Balaban J connectivity index is 1.41. The van der Waals surface area contributed by atoms with Crippen LogP contribution in [0.2, 0.25) is 0 Å². The minimum Gasteiger partial charge on any atom is -0.336 e. The second kappa shape index (κ2) is 7.29. The van der Waals surface area contributed by atoms with Gasteiger partial charge in [-0.2, -0.15) is 4.31 Å². The molecule has 142 valence electrons. The summed E-state index contributed by atoms with van der Waals surface area (Å²) >= 11 is 0. The SMILES string of the molecule is O=C(c1ccc(S(=O)(=O)N2CCCCC2)cc1)N1CCN(C2CC2)CC1. The van der Waals surface area contributed by atoms with Crippen molar-refractivity contribution in [2.45, 2.75) is 43.0 Å². The van der Waals surface area contributed by atoms with Gasteiger partial charge in [0.2, 0.25) is 10.0 Å². The van der Waals surface area contributed by atoms with E-state index in [0.717, 1.165) is 51.5 Å². The molecule has 1 aliphatic carbocycles. The summed E-state index contributed by atoms with van der Waals surface area (Å²) in [5.74, 6) is 0.00219.